The van der Waals surface area contributed by atoms with E-state index in [1.807, 2.05) is 24.3 Å². The molecular weight excluding hydrogens is 324 g/mol. The summed E-state index contributed by atoms with van der Waals surface area (Å²) in [7, 11) is 0. The zero-order valence-corrected chi connectivity index (χ0v) is 13.5. The number of H-pyrrole nitrogens is 1. The number of rotatable bonds is 4. The van der Waals surface area contributed by atoms with Gasteiger partial charge >= 0.3 is 11.1 Å². The number of fused-ring (bicyclic) bond motifs is 1. The minimum atomic E-state index is -0.971. The van der Waals surface area contributed by atoms with Crippen LogP contribution in [0.5, 0.6) is 0 Å². The van der Waals surface area contributed by atoms with Gasteiger partial charge in [-0.25, -0.2) is 19.8 Å². The number of para-hydroxylation sites is 2. The molecule has 0 aliphatic carbocycles. The van der Waals surface area contributed by atoms with Gasteiger partial charge in [0.2, 0.25) is 0 Å². The van der Waals surface area contributed by atoms with E-state index in [1.54, 1.807) is 18.2 Å². The van der Waals surface area contributed by atoms with Gasteiger partial charge in [-0.3, -0.25) is 0 Å². The average Bonchev–Trinajstić information content (AvgIpc) is 3.01. The maximum Gasteiger partial charge on any atom is 0.408 e. The van der Waals surface area contributed by atoms with Crippen LogP contribution in [-0.2, 0) is 5.75 Å². The molecule has 0 aliphatic rings. The number of thioether (sulfide) groups is 1. The van der Waals surface area contributed by atoms with Crippen molar-refractivity contribution < 1.29 is 9.90 Å². The molecule has 0 amide bonds. The van der Waals surface area contributed by atoms with Crippen LogP contribution in [0.4, 0.5) is 5.69 Å². The van der Waals surface area contributed by atoms with Gasteiger partial charge in [0.15, 0.2) is 6.72 Å². The van der Waals surface area contributed by atoms with Crippen LogP contribution in [0.25, 0.3) is 11.0 Å². The monoisotopic (exact) mass is 339 g/mol. The van der Waals surface area contributed by atoms with Crippen LogP contribution in [0.3, 0.4) is 0 Å². The first-order chi connectivity index (χ1) is 11.7. The Labute approximate surface area is 142 Å². The van der Waals surface area contributed by atoms with Crippen molar-refractivity contribution >= 4 is 46.3 Å². The lowest BCUT2D eigenvalue weighted by Crippen LogP contribution is -2.11. The van der Waals surface area contributed by atoms with Crippen LogP contribution in [0, 0.1) is 0 Å². The molecule has 0 radical (unpaired) electrons. The highest BCUT2D eigenvalue weighted by atomic mass is 32.2. The summed E-state index contributed by atoms with van der Waals surface area (Å²) in [6, 6.07) is 14.4. The molecule has 1 heterocycles. The number of carbonyl (C=O) groups is 1. The maximum atomic E-state index is 11.0. The van der Waals surface area contributed by atoms with Crippen molar-refractivity contribution in [1.29, 1.82) is 0 Å². The molecule has 0 bridgehead atoms. The first-order valence-electron chi connectivity index (χ1n) is 7.16. The number of hydrogen-bond acceptors (Lipinski definition) is 3. The fourth-order valence-electron chi connectivity index (χ4n) is 2.19. The molecule has 0 fully saturated rings. The maximum absolute atomic E-state index is 11.0. The predicted molar refractivity (Wildman–Crippen MR) is 98.7 cm³/mol. The minimum Gasteiger partial charge on any atom is -0.478 e. The molecule has 0 saturated carbocycles. The molecule has 24 heavy (non-hydrogen) atoms. The minimum absolute atomic E-state index is 0.214. The lowest BCUT2D eigenvalue weighted by Gasteiger charge is -1.99. The number of aromatic carboxylic acids is 1. The van der Waals surface area contributed by atoms with Gasteiger partial charge in [0.25, 0.3) is 0 Å². The molecule has 2 aromatic carbocycles. The highest BCUT2D eigenvalue weighted by Gasteiger charge is 2.14. The zero-order valence-electron chi connectivity index (χ0n) is 12.7. The summed E-state index contributed by atoms with van der Waals surface area (Å²) in [6.07, 6.45) is 0. The Kier molecular flexibility index (Phi) is 4.65. The topological polar surface area (TPSA) is 92.1 Å². The fraction of sp³-hybridized carbons (Fsp3) is 0.0588. The summed E-state index contributed by atoms with van der Waals surface area (Å²) in [6.45, 7) is 3.55. The van der Waals surface area contributed by atoms with E-state index in [1.165, 1.54) is 17.8 Å². The average molecular weight is 339 g/mol. The van der Waals surface area contributed by atoms with Crippen LogP contribution in [0.2, 0.25) is 0 Å². The van der Waals surface area contributed by atoms with E-state index >= 15 is 0 Å². The van der Waals surface area contributed by atoms with E-state index in [2.05, 4.69) is 26.7 Å². The molecular formula is C17H15N4O2S+. The number of nitrogens with zero attached hydrogens (tertiary/aromatic N) is 2. The van der Waals surface area contributed by atoms with Crippen LogP contribution >= 0.6 is 11.8 Å². The first kappa shape index (κ1) is 15.9. The number of amidine groups is 1. The summed E-state index contributed by atoms with van der Waals surface area (Å²) >= 11 is 1.43. The summed E-state index contributed by atoms with van der Waals surface area (Å²) < 4.78 is 3.96. The molecule has 0 spiro atoms. The molecule has 3 N–H and O–H groups in total. The number of imidazole rings is 1. The number of nitrogens with one attached hydrogen (secondary N) is 2. The Morgan fingerprint density at radius 3 is 2.88 bits per heavy atom. The Morgan fingerprint density at radius 2 is 2.12 bits per heavy atom. The van der Waals surface area contributed by atoms with E-state index < -0.39 is 5.97 Å². The van der Waals surface area contributed by atoms with E-state index in [-0.39, 0.29) is 5.56 Å². The van der Waals surface area contributed by atoms with Crippen molar-refractivity contribution in [2.45, 2.75) is 5.75 Å². The molecule has 3 aromatic rings. The van der Waals surface area contributed by atoms with Gasteiger partial charge < -0.3 is 10.1 Å². The second kappa shape index (κ2) is 7.04. The van der Waals surface area contributed by atoms with Crippen LogP contribution in [0.15, 0.2) is 48.5 Å². The Hall–Kier alpha value is -3.02. The first-order valence-corrected chi connectivity index (χ1v) is 8.15. The van der Waals surface area contributed by atoms with E-state index in [0.717, 1.165) is 16.9 Å². The van der Waals surface area contributed by atoms with Crippen molar-refractivity contribution in [2.24, 2.45) is 0 Å². The van der Waals surface area contributed by atoms with Crippen molar-refractivity contribution in [2.75, 3.05) is 5.32 Å². The summed E-state index contributed by atoms with van der Waals surface area (Å²) in [4.78, 5) is 18.8. The number of aromatic nitrogens is 2. The van der Waals surface area contributed by atoms with Crippen molar-refractivity contribution in [1.82, 2.24) is 14.6 Å². The number of aromatic amines is 1. The van der Waals surface area contributed by atoms with Gasteiger partial charge in [-0.15, -0.1) is 0 Å². The number of hydrogen-bond donors (Lipinski definition) is 3. The normalized spacial score (nSPS) is 10.3. The van der Waals surface area contributed by atoms with Crippen molar-refractivity contribution in [3.8, 4) is 0 Å². The third kappa shape index (κ3) is 3.65. The van der Waals surface area contributed by atoms with Gasteiger partial charge in [0, 0.05) is 0 Å². The van der Waals surface area contributed by atoms with Gasteiger partial charge in [-0.2, -0.15) is 0 Å². The summed E-state index contributed by atoms with van der Waals surface area (Å²) in [5.74, 6) is 0.458. The van der Waals surface area contributed by atoms with Crippen molar-refractivity contribution in [3.05, 3.63) is 59.9 Å². The van der Waals surface area contributed by atoms with Gasteiger partial charge in [0.1, 0.15) is 11.5 Å². The smallest absolute Gasteiger partial charge is 0.408 e. The van der Waals surface area contributed by atoms with Gasteiger partial charge in [-0.1, -0.05) is 18.2 Å². The molecule has 6 nitrogen and oxygen atoms in total. The Balaban J connectivity index is 1.68. The number of carboxylic acids is 1. The van der Waals surface area contributed by atoms with Crippen molar-refractivity contribution in [3.63, 3.8) is 0 Å². The second-order valence-electron chi connectivity index (χ2n) is 4.96. The third-order valence-corrected chi connectivity index (χ3v) is 4.21. The van der Waals surface area contributed by atoms with E-state index in [9.17, 15) is 4.79 Å². The summed E-state index contributed by atoms with van der Waals surface area (Å²) in [5.41, 5.74) is 2.77. The second-order valence-corrected chi connectivity index (χ2v) is 5.93. The molecule has 7 heteroatoms. The number of anilines is 1. The lowest BCUT2D eigenvalue weighted by atomic mass is 10.2. The fourth-order valence-corrected chi connectivity index (χ4v) is 2.88. The molecule has 1 aromatic heterocycles. The van der Waals surface area contributed by atoms with E-state index in [0.29, 0.717) is 16.6 Å². The summed E-state index contributed by atoms with van der Waals surface area (Å²) in [5, 5.41) is 12.7. The SMILES string of the molecule is C=[N+]=C(Nc1cccc(C(=O)O)c1)SCc1nc2ccccc2[nH]1. The Morgan fingerprint density at radius 1 is 1.29 bits per heavy atom. The van der Waals surface area contributed by atoms with Gasteiger partial charge in [0.05, 0.1) is 22.3 Å². The number of benzene rings is 2. The van der Waals surface area contributed by atoms with E-state index in [4.69, 9.17) is 5.11 Å². The highest BCUT2D eigenvalue weighted by molar-refractivity contribution is 8.13. The molecule has 120 valence electrons. The standard InChI is InChI=1S/C17H14N4O2S/c1-18-17(19-12-6-4-5-11(9-12)16(22)23)24-10-15-20-13-7-2-3-8-14(13)21-15/h2-9H,1,10H2,(H2,20,21,22,23)/p+1. The molecule has 3 rings (SSSR count). The van der Waals surface area contributed by atoms with Gasteiger partial charge in [-0.05, 0) is 42.1 Å². The third-order valence-electron chi connectivity index (χ3n) is 3.29. The van der Waals surface area contributed by atoms with Crippen LogP contribution in [0.1, 0.15) is 16.2 Å². The zero-order chi connectivity index (χ0) is 16.9. The highest BCUT2D eigenvalue weighted by Crippen LogP contribution is 2.17. The van der Waals surface area contributed by atoms with Crippen LogP contribution in [-0.4, -0.2) is 32.9 Å². The Bertz CT molecular complexity index is 911. The molecule has 0 saturated heterocycles. The number of carboxylic acid groups (broad SMARTS) is 1. The predicted octanol–water partition coefficient (Wildman–Crippen LogP) is 2.73. The molecule has 0 atom stereocenters. The molecule has 0 aliphatic heterocycles. The van der Waals surface area contributed by atoms with Crippen LogP contribution < -0.4 is 9.98 Å². The molecule has 0 unspecified atom stereocenters. The lowest BCUT2D eigenvalue weighted by molar-refractivity contribution is 0.0697. The quantitative estimate of drug-likeness (QED) is 0.386. The largest absolute Gasteiger partial charge is 0.478 e.